The van der Waals surface area contributed by atoms with Crippen molar-refractivity contribution in [3.8, 4) is 0 Å². The van der Waals surface area contributed by atoms with Crippen molar-refractivity contribution in [2.24, 2.45) is 0 Å². The summed E-state index contributed by atoms with van der Waals surface area (Å²) < 4.78 is 0. The van der Waals surface area contributed by atoms with Crippen LogP contribution in [0.25, 0.3) is 0 Å². The molecule has 0 fully saturated rings. The predicted octanol–water partition coefficient (Wildman–Crippen LogP) is 4.15. The monoisotopic (exact) mass is 350 g/mol. The third-order valence-electron chi connectivity index (χ3n) is 5.24. The van der Waals surface area contributed by atoms with Gasteiger partial charge in [0.25, 0.3) is 0 Å². The Hall–Kier alpha value is -2.62. The van der Waals surface area contributed by atoms with Crippen LogP contribution in [0.1, 0.15) is 59.5 Å². The maximum Gasteiger partial charge on any atom is 0.194 e. The molecule has 2 aromatic carbocycles. The number of fused-ring (bicyclic) bond motifs is 2. The first-order valence-electron chi connectivity index (χ1n) is 9.42. The highest BCUT2D eigenvalue weighted by atomic mass is 16.1. The van der Waals surface area contributed by atoms with Crippen LogP contribution in [0.5, 0.6) is 0 Å². The third-order valence-corrected chi connectivity index (χ3v) is 5.24. The smallest absolute Gasteiger partial charge is 0.194 e. The number of ketones is 2. The van der Waals surface area contributed by atoms with Crippen molar-refractivity contribution in [2.75, 3.05) is 36.0 Å². The van der Waals surface area contributed by atoms with Gasteiger partial charge in [-0.2, -0.15) is 0 Å². The van der Waals surface area contributed by atoms with Crippen LogP contribution in [0.4, 0.5) is 11.4 Å². The van der Waals surface area contributed by atoms with Crippen LogP contribution in [0.15, 0.2) is 36.4 Å². The van der Waals surface area contributed by atoms with Gasteiger partial charge in [0.15, 0.2) is 11.6 Å². The summed E-state index contributed by atoms with van der Waals surface area (Å²) in [5.41, 5.74) is 4.02. The molecule has 0 amide bonds. The number of carbonyl (C=O) groups is 2. The predicted molar refractivity (Wildman–Crippen MR) is 107 cm³/mol. The van der Waals surface area contributed by atoms with Crippen molar-refractivity contribution in [1.82, 2.24) is 0 Å². The van der Waals surface area contributed by atoms with Crippen LogP contribution in [0, 0.1) is 0 Å². The molecule has 0 unspecified atom stereocenters. The van der Waals surface area contributed by atoms with Gasteiger partial charge in [-0.3, -0.25) is 9.59 Å². The fourth-order valence-electron chi connectivity index (χ4n) is 3.70. The zero-order valence-corrected chi connectivity index (χ0v) is 16.0. The van der Waals surface area contributed by atoms with E-state index >= 15 is 0 Å². The molecule has 4 nitrogen and oxygen atoms in total. The maximum atomic E-state index is 13.2. The molecule has 3 rings (SSSR count). The number of carbonyl (C=O) groups excluding carboxylic acids is 2. The van der Waals surface area contributed by atoms with Gasteiger partial charge in [-0.1, -0.05) is 0 Å². The molecule has 0 aliphatic heterocycles. The normalized spacial score (nSPS) is 12.6. The Balaban J connectivity index is 2.10. The highest BCUT2D eigenvalue weighted by Crippen LogP contribution is 2.32. The first kappa shape index (κ1) is 18.2. The van der Waals surface area contributed by atoms with Crippen molar-refractivity contribution in [1.29, 1.82) is 0 Å². The summed E-state index contributed by atoms with van der Waals surface area (Å²) in [6.45, 7) is 11.8. The van der Waals surface area contributed by atoms with E-state index in [4.69, 9.17) is 0 Å². The molecule has 136 valence electrons. The third kappa shape index (κ3) is 2.90. The highest BCUT2D eigenvalue weighted by Gasteiger charge is 2.30. The maximum absolute atomic E-state index is 13.2. The molecule has 0 atom stereocenters. The first-order chi connectivity index (χ1) is 12.5. The lowest BCUT2D eigenvalue weighted by atomic mass is 9.83. The van der Waals surface area contributed by atoms with E-state index in [1.165, 1.54) is 0 Å². The molecule has 1 aliphatic rings. The Bertz CT molecular complexity index is 782. The highest BCUT2D eigenvalue weighted by molar-refractivity contribution is 6.28. The second-order valence-electron chi connectivity index (χ2n) is 6.46. The Kier molecular flexibility index (Phi) is 5.12. The fourth-order valence-corrected chi connectivity index (χ4v) is 3.70. The van der Waals surface area contributed by atoms with Crippen LogP contribution in [-0.4, -0.2) is 37.7 Å². The molecule has 0 heterocycles. The van der Waals surface area contributed by atoms with Crippen LogP contribution in [-0.2, 0) is 0 Å². The summed E-state index contributed by atoms with van der Waals surface area (Å²) in [5, 5.41) is 0. The molecule has 0 saturated carbocycles. The molecule has 4 heteroatoms. The zero-order chi connectivity index (χ0) is 18.8. The quantitative estimate of drug-likeness (QED) is 0.669. The number of benzene rings is 2. The van der Waals surface area contributed by atoms with Crippen molar-refractivity contribution < 1.29 is 9.59 Å². The van der Waals surface area contributed by atoms with Crippen LogP contribution >= 0.6 is 0 Å². The SMILES string of the molecule is CCN(CC)c1ccc2c(c1)C(=O)c1cc(N(CC)CC)ccc1C2=O. The van der Waals surface area contributed by atoms with Gasteiger partial charge in [0.2, 0.25) is 0 Å². The van der Waals surface area contributed by atoms with E-state index in [0.29, 0.717) is 22.3 Å². The minimum Gasteiger partial charge on any atom is -0.372 e. The molecule has 0 N–H and O–H groups in total. The minimum absolute atomic E-state index is 0.0578. The molecule has 0 bridgehead atoms. The standard InChI is InChI=1S/C22H26N2O2/c1-5-23(6-2)15-9-11-17-19(13-15)22(26)20-14-16(24(7-3)8-4)10-12-18(20)21(17)25/h9-14H,5-8H2,1-4H3. The Morgan fingerprint density at radius 1 is 0.577 bits per heavy atom. The summed E-state index contributed by atoms with van der Waals surface area (Å²) in [7, 11) is 0. The first-order valence-corrected chi connectivity index (χ1v) is 9.42. The Morgan fingerprint density at radius 2 is 0.923 bits per heavy atom. The van der Waals surface area contributed by atoms with Gasteiger partial charge in [0.1, 0.15) is 0 Å². The minimum atomic E-state index is -0.0632. The summed E-state index contributed by atoms with van der Waals surface area (Å²) in [4.78, 5) is 30.4. The number of rotatable bonds is 6. The molecule has 0 radical (unpaired) electrons. The molecular formula is C22H26N2O2. The number of hydrogen-bond acceptors (Lipinski definition) is 4. The molecule has 0 spiro atoms. The van der Waals surface area contributed by atoms with Gasteiger partial charge in [0.05, 0.1) is 0 Å². The molecule has 2 aromatic rings. The van der Waals surface area contributed by atoms with E-state index in [0.717, 1.165) is 37.6 Å². The van der Waals surface area contributed by atoms with Gasteiger partial charge in [-0.25, -0.2) is 0 Å². The lowest BCUT2D eigenvalue weighted by molar-refractivity contribution is 0.0979. The van der Waals surface area contributed by atoms with Crippen LogP contribution in [0.2, 0.25) is 0 Å². The molecule has 0 aromatic heterocycles. The van der Waals surface area contributed by atoms with Gasteiger partial charge >= 0.3 is 0 Å². The van der Waals surface area contributed by atoms with E-state index in [-0.39, 0.29) is 11.6 Å². The van der Waals surface area contributed by atoms with Crippen molar-refractivity contribution in [2.45, 2.75) is 27.7 Å². The van der Waals surface area contributed by atoms with E-state index in [1.807, 2.05) is 24.3 Å². The number of anilines is 2. The summed E-state index contributed by atoms with van der Waals surface area (Å²) in [6, 6.07) is 11.2. The summed E-state index contributed by atoms with van der Waals surface area (Å²) in [6.07, 6.45) is 0. The van der Waals surface area contributed by atoms with Gasteiger partial charge < -0.3 is 9.80 Å². The second-order valence-corrected chi connectivity index (χ2v) is 6.46. The van der Waals surface area contributed by atoms with Gasteiger partial charge in [-0.05, 0) is 64.1 Å². The molecule has 1 aliphatic carbocycles. The van der Waals surface area contributed by atoms with E-state index in [1.54, 1.807) is 12.1 Å². The topological polar surface area (TPSA) is 40.6 Å². The number of nitrogens with zero attached hydrogens (tertiary/aromatic N) is 2. The average Bonchev–Trinajstić information content (AvgIpc) is 2.68. The van der Waals surface area contributed by atoms with E-state index in [9.17, 15) is 9.59 Å². The zero-order valence-electron chi connectivity index (χ0n) is 16.0. The Labute approximate surface area is 155 Å². The largest absolute Gasteiger partial charge is 0.372 e. The van der Waals surface area contributed by atoms with Crippen LogP contribution < -0.4 is 9.80 Å². The Morgan fingerprint density at radius 3 is 1.27 bits per heavy atom. The van der Waals surface area contributed by atoms with Gasteiger partial charge in [0, 0.05) is 59.8 Å². The molecule has 26 heavy (non-hydrogen) atoms. The number of hydrogen-bond donors (Lipinski definition) is 0. The summed E-state index contributed by atoms with van der Waals surface area (Å²) >= 11 is 0. The van der Waals surface area contributed by atoms with Crippen molar-refractivity contribution >= 4 is 22.9 Å². The van der Waals surface area contributed by atoms with E-state index < -0.39 is 0 Å². The van der Waals surface area contributed by atoms with E-state index in [2.05, 4.69) is 37.5 Å². The lowest BCUT2D eigenvalue weighted by Crippen LogP contribution is -2.26. The van der Waals surface area contributed by atoms with Crippen LogP contribution in [0.3, 0.4) is 0 Å². The molecule has 0 saturated heterocycles. The fraction of sp³-hybridized carbons (Fsp3) is 0.364. The van der Waals surface area contributed by atoms with Crippen molar-refractivity contribution in [3.05, 3.63) is 58.7 Å². The molecular weight excluding hydrogens is 324 g/mol. The lowest BCUT2D eigenvalue weighted by Gasteiger charge is -2.26. The summed E-state index contributed by atoms with van der Waals surface area (Å²) in [5.74, 6) is -0.121. The second kappa shape index (κ2) is 7.32. The van der Waals surface area contributed by atoms with Crippen molar-refractivity contribution in [3.63, 3.8) is 0 Å². The van der Waals surface area contributed by atoms with Gasteiger partial charge in [-0.15, -0.1) is 0 Å². The average molecular weight is 350 g/mol.